The van der Waals surface area contributed by atoms with Crippen LogP contribution in [0, 0.1) is 0 Å². The van der Waals surface area contributed by atoms with Crippen molar-refractivity contribution in [2.24, 2.45) is 7.05 Å². The van der Waals surface area contributed by atoms with Gasteiger partial charge in [0.1, 0.15) is 11.4 Å². The third-order valence-corrected chi connectivity index (χ3v) is 4.57. The zero-order chi connectivity index (χ0) is 20.7. The summed E-state index contributed by atoms with van der Waals surface area (Å²) in [6, 6.07) is 10.6. The smallest absolute Gasteiger partial charge is 0.293 e. The molecule has 30 heavy (non-hydrogen) atoms. The molecule has 1 N–H and O–H groups in total. The molecule has 10 nitrogen and oxygen atoms in total. The zero-order valence-corrected chi connectivity index (χ0v) is 16.1. The number of hydrogen-bond donors (Lipinski definition) is 1. The lowest BCUT2D eigenvalue weighted by molar-refractivity contribution is 0.415. The van der Waals surface area contributed by atoms with Crippen molar-refractivity contribution in [3.8, 4) is 17.1 Å². The molecule has 0 aliphatic rings. The highest BCUT2D eigenvalue weighted by Crippen LogP contribution is 2.27. The second-order valence-corrected chi connectivity index (χ2v) is 6.57. The predicted molar refractivity (Wildman–Crippen MR) is 111 cm³/mol. The van der Waals surface area contributed by atoms with Gasteiger partial charge in [-0.25, -0.2) is 15.0 Å². The van der Waals surface area contributed by atoms with Gasteiger partial charge in [0.15, 0.2) is 11.5 Å². The van der Waals surface area contributed by atoms with E-state index in [9.17, 15) is 4.79 Å². The number of methoxy groups -OCH3 is 1. The lowest BCUT2D eigenvalue weighted by Crippen LogP contribution is -2.11. The Morgan fingerprint density at radius 3 is 2.83 bits per heavy atom. The Labute approximate surface area is 169 Å². The van der Waals surface area contributed by atoms with Crippen LogP contribution in [0.3, 0.4) is 0 Å². The first-order valence-corrected chi connectivity index (χ1v) is 9.08. The first kappa shape index (κ1) is 17.7. The van der Waals surface area contributed by atoms with Crippen LogP contribution in [-0.2, 0) is 7.05 Å². The SMILES string of the molecule is COc1ccc2c(c1)nc(Nc1ccccnc1=O)n1nc(-c3cnn(C)c3)nc21. The Morgan fingerprint density at radius 1 is 1.13 bits per heavy atom. The van der Waals surface area contributed by atoms with Crippen LogP contribution < -0.4 is 15.6 Å². The van der Waals surface area contributed by atoms with E-state index in [1.807, 2.05) is 25.4 Å². The second kappa shape index (κ2) is 6.92. The van der Waals surface area contributed by atoms with Crippen LogP contribution in [0.25, 0.3) is 27.9 Å². The van der Waals surface area contributed by atoms with Gasteiger partial charge in [0.25, 0.3) is 5.56 Å². The van der Waals surface area contributed by atoms with Gasteiger partial charge in [-0.15, -0.1) is 5.10 Å². The van der Waals surface area contributed by atoms with Gasteiger partial charge in [-0.2, -0.15) is 9.61 Å². The summed E-state index contributed by atoms with van der Waals surface area (Å²) >= 11 is 0. The molecule has 0 bridgehead atoms. The first-order chi connectivity index (χ1) is 14.6. The van der Waals surface area contributed by atoms with Crippen LogP contribution in [0.2, 0.25) is 0 Å². The molecule has 148 valence electrons. The Hall–Kier alpha value is -4.34. The van der Waals surface area contributed by atoms with Crippen molar-refractivity contribution in [1.29, 1.82) is 0 Å². The summed E-state index contributed by atoms with van der Waals surface area (Å²) < 4.78 is 8.58. The molecule has 10 heteroatoms. The Bertz CT molecular complexity index is 1460. The van der Waals surface area contributed by atoms with Gasteiger partial charge in [0.2, 0.25) is 5.95 Å². The van der Waals surface area contributed by atoms with Crippen molar-refractivity contribution in [2.45, 2.75) is 0 Å². The Kier molecular flexibility index (Phi) is 4.09. The van der Waals surface area contributed by atoms with Gasteiger partial charge < -0.3 is 10.1 Å². The van der Waals surface area contributed by atoms with E-state index in [4.69, 9.17) is 9.72 Å². The molecule has 5 rings (SSSR count). The summed E-state index contributed by atoms with van der Waals surface area (Å²) in [4.78, 5) is 25.5. The summed E-state index contributed by atoms with van der Waals surface area (Å²) in [5.41, 5.74) is 1.87. The number of aromatic nitrogens is 7. The van der Waals surface area contributed by atoms with Gasteiger partial charge in [-0.05, 0) is 24.3 Å². The maximum atomic E-state index is 12.3. The average Bonchev–Trinajstić information content (AvgIpc) is 3.33. The van der Waals surface area contributed by atoms with Crippen molar-refractivity contribution >= 4 is 28.2 Å². The topological polar surface area (TPSA) is 112 Å². The number of hydrogen-bond acceptors (Lipinski definition) is 8. The highest BCUT2D eigenvalue weighted by molar-refractivity contribution is 5.94. The molecule has 4 heterocycles. The van der Waals surface area contributed by atoms with Crippen LogP contribution >= 0.6 is 0 Å². The number of ether oxygens (including phenoxy) is 1. The normalized spacial score (nSPS) is 11.1. The molecule has 0 saturated carbocycles. The van der Waals surface area contributed by atoms with E-state index in [1.54, 1.807) is 46.8 Å². The quantitative estimate of drug-likeness (QED) is 0.489. The summed E-state index contributed by atoms with van der Waals surface area (Å²) in [7, 11) is 3.42. The Balaban J connectivity index is 1.77. The molecule has 0 radical (unpaired) electrons. The van der Waals surface area contributed by atoms with Crippen molar-refractivity contribution in [3.63, 3.8) is 0 Å². The van der Waals surface area contributed by atoms with E-state index in [0.29, 0.717) is 28.7 Å². The van der Waals surface area contributed by atoms with Crippen LogP contribution in [0.5, 0.6) is 5.75 Å². The van der Waals surface area contributed by atoms with E-state index < -0.39 is 5.56 Å². The van der Waals surface area contributed by atoms with Crippen LogP contribution in [0.4, 0.5) is 11.6 Å². The number of aryl methyl sites for hydroxylation is 1. The third-order valence-electron chi connectivity index (χ3n) is 4.57. The molecule has 0 spiro atoms. The van der Waals surface area contributed by atoms with Gasteiger partial charge in [0, 0.05) is 30.9 Å². The molecule has 0 saturated heterocycles. The van der Waals surface area contributed by atoms with E-state index >= 15 is 0 Å². The van der Waals surface area contributed by atoms with Crippen molar-refractivity contribution in [2.75, 3.05) is 12.4 Å². The molecular weight excluding hydrogens is 384 g/mol. The fraction of sp³-hybridized carbons (Fsp3) is 0.100. The van der Waals surface area contributed by atoms with Crippen LogP contribution in [0.1, 0.15) is 0 Å². The lowest BCUT2D eigenvalue weighted by Gasteiger charge is -2.08. The molecule has 5 aromatic rings. The molecule has 1 aromatic carbocycles. The van der Waals surface area contributed by atoms with E-state index in [2.05, 4.69) is 25.5 Å². The molecule has 0 atom stereocenters. The largest absolute Gasteiger partial charge is 0.497 e. The monoisotopic (exact) mass is 400 g/mol. The van der Waals surface area contributed by atoms with Crippen molar-refractivity contribution in [3.05, 3.63) is 65.3 Å². The fourth-order valence-corrected chi connectivity index (χ4v) is 3.12. The highest BCUT2D eigenvalue weighted by atomic mass is 16.5. The minimum absolute atomic E-state index is 0.273. The standard InChI is InChI=1S/C20H16N8O2/c1-27-11-12(10-22-27)17-25-18-14-7-6-13(30-2)9-16(14)24-20(28(18)26-17)23-15-5-3-4-8-21-19(15)29/h3-11H,1-2H3,(H,21,23,24,29). The number of benzene rings is 1. The summed E-state index contributed by atoms with van der Waals surface area (Å²) in [5, 5.41) is 12.6. The molecule has 0 unspecified atom stereocenters. The van der Waals surface area contributed by atoms with E-state index in [-0.39, 0.29) is 5.69 Å². The van der Waals surface area contributed by atoms with Gasteiger partial charge in [-0.3, -0.25) is 9.48 Å². The summed E-state index contributed by atoms with van der Waals surface area (Å²) in [5.74, 6) is 1.49. The number of nitrogens with zero attached hydrogens (tertiary/aromatic N) is 7. The predicted octanol–water partition coefficient (Wildman–Crippen LogP) is 2.19. The molecule has 0 amide bonds. The lowest BCUT2D eigenvalue weighted by atomic mass is 10.2. The van der Waals surface area contributed by atoms with Gasteiger partial charge in [0.05, 0.1) is 24.4 Å². The average molecular weight is 400 g/mol. The summed E-state index contributed by atoms with van der Waals surface area (Å²) in [6.07, 6.45) is 4.96. The number of fused-ring (bicyclic) bond motifs is 3. The summed E-state index contributed by atoms with van der Waals surface area (Å²) in [6.45, 7) is 0. The molecule has 0 aliphatic carbocycles. The third kappa shape index (κ3) is 3.00. The van der Waals surface area contributed by atoms with Crippen LogP contribution in [-0.4, -0.2) is 41.5 Å². The molecule has 4 aromatic heterocycles. The maximum absolute atomic E-state index is 12.3. The molecule has 0 aliphatic heterocycles. The molecule has 0 fully saturated rings. The minimum Gasteiger partial charge on any atom is -0.497 e. The maximum Gasteiger partial charge on any atom is 0.293 e. The second-order valence-electron chi connectivity index (χ2n) is 6.57. The molecular formula is C20H16N8O2. The number of rotatable bonds is 4. The van der Waals surface area contributed by atoms with E-state index in [1.165, 1.54) is 6.20 Å². The fourth-order valence-electron chi connectivity index (χ4n) is 3.12. The zero-order valence-electron chi connectivity index (χ0n) is 16.1. The van der Waals surface area contributed by atoms with Gasteiger partial charge in [-0.1, -0.05) is 6.07 Å². The van der Waals surface area contributed by atoms with Crippen LogP contribution in [0.15, 0.2) is 59.8 Å². The van der Waals surface area contributed by atoms with E-state index in [0.717, 1.165) is 10.9 Å². The number of anilines is 2. The minimum atomic E-state index is -0.409. The highest BCUT2D eigenvalue weighted by Gasteiger charge is 2.16. The number of nitrogens with one attached hydrogen (secondary N) is 1. The van der Waals surface area contributed by atoms with Crippen molar-refractivity contribution < 1.29 is 4.74 Å². The van der Waals surface area contributed by atoms with Gasteiger partial charge >= 0.3 is 0 Å². The van der Waals surface area contributed by atoms with Crippen molar-refractivity contribution in [1.82, 2.24) is 34.3 Å². The first-order valence-electron chi connectivity index (χ1n) is 9.08. The Morgan fingerprint density at radius 2 is 2.03 bits per heavy atom.